The van der Waals surface area contributed by atoms with Gasteiger partial charge in [0.1, 0.15) is 11.9 Å². The highest BCUT2D eigenvalue weighted by Gasteiger charge is 2.30. The minimum absolute atomic E-state index is 0.0337. The Morgan fingerprint density at radius 2 is 1.85 bits per heavy atom. The zero-order valence-electron chi connectivity index (χ0n) is 16.6. The third-order valence-electron chi connectivity index (χ3n) is 5.42. The van der Waals surface area contributed by atoms with E-state index < -0.39 is 0 Å². The van der Waals surface area contributed by atoms with Gasteiger partial charge < -0.3 is 19.3 Å². The van der Waals surface area contributed by atoms with Crippen LogP contribution >= 0.6 is 0 Å². The smallest absolute Gasteiger partial charge is 0.257 e. The lowest BCUT2D eigenvalue weighted by Crippen LogP contribution is -2.41. The number of ether oxygens (including phenoxy) is 2. The number of hydrogen-bond donors (Lipinski definition) is 0. The van der Waals surface area contributed by atoms with Crippen LogP contribution in [0.25, 0.3) is 0 Å². The third kappa shape index (κ3) is 4.43. The number of carbonyl (C=O) groups is 2. The summed E-state index contributed by atoms with van der Waals surface area (Å²) in [5.74, 6) is 1.02. The van der Waals surface area contributed by atoms with Gasteiger partial charge in [0, 0.05) is 32.8 Å². The Bertz CT molecular complexity index is 683. The molecule has 0 bridgehead atoms. The molecule has 2 fully saturated rings. The van der Waals surface area contributed by atoms with E-state index in [0.717, 1.165) is 24.8 Å². The normalized spacial score (nSPS) is 20.7. The van der Waals surface area contributed by atoms with Gasteiger partial charge in [0.15, 0.2) is 0 Å². The van der Waals surface area contributed by atoms with Crippen LogP contribution in [0.3, 0.4) is 0 Å². The minimum atomic E-state index is -0.295. The van der Waals surface area contributed by atoms with Crippen molar-refractivity contribution in [2.75, 3.05) is 39.9 Å². The number of amides is 2. The van der Waals surface area contributed by atoms with Gasteiger partial charge >= 0.3 is 0 Å². The first-order valence-corrected chi connectivity index (χ1v) is 9.89. The molecule has 0 spiro atoms. The molecule has 2 amide bonds. The SMILES string of the molecule is COc1cc(C(C)C)ccc1C(=O)N1CCCN(C(=O)C2CCCO2)CC1. The second-order valence-corrected chi connectivity index (χ2v) is 7.59. The molecular weight excluding hydrogens is 344 g/mol. The molecule has 3 rings (SSSR count). The fraction of sp³-hybridized carbons (Fsp3) is 0.619. The van der Waals surface area contributed by atoms with Crippen LogP contribution in [0.2, 0.25) is 0 Å². The Labute approximate surface area is 161 Å². The lowest BCUT2D eigenvalue weighted by atomic mass is 10.0. The molecule has 0 radical (unpaired) electrons. The molecule has 1 unspecified atom stereocenters. The van der Waals surface area contributed by atoms with Crippen molar-refractivity contribution in [3.8, 4) is 5.75 Å². The molecule has 0 saturated carbocycles. The molecule has 0 aliphatic carbocycles. The van der Waals surface area contributed by atoms with Crippen molar-refractivity contribution in [2.45, 2.75) is 45.1 Å². The minimum Gasteiger partial charge on any atom is -0.496 e. The molecule has 2 heterocycles. The highest BCUT2D eigenvalue weighted by atomic mass is 16.5. The molecule has 6 nitrogen and oxygen atoms in total. The van der Waals surface area contributed by atoms with Crippen molar-refractivity contribution in [3.05, 3.63) is 29.3 Å². The van der Waals surface area contributed by atoms with Crippen molar-refractivity contribution in [1.29, 1.82) is 0 Å². The van der Waals surface area contributed by atoms with Gasteiger partial charge in [0.25, 0.3) is 11.8 Å². The van der Waals surface area contributed by atoms with E-state index in [1.54, 1.807) is 7.11 Å². The lowest BCUT2D eigenvalue weighted by Gasteiger charge is -2.24. The molecule has 0 N–H and O–H groups in total. The average molecular weight is 374 g/mol. The largest absolute Gasteiger partial charge is 0.496 e. The van der Waals surface area contributed by atoms with E-state index >= 15 is 0 Å². The highest BCUT2D eigenvalue weighted by molar-refractivity contribution is 5.97. The van der Waals surface area contributed by atoms with Crippen LogP contribution in [-0.4, -0.2) is 67.6 Å². The van der Waals surface area contributed by atoms with E-state index in [9.17, 15) is 9.59 Å². The summed E-state index contributed by atoms with van der Waals surface area (Å²) in [6, 6.07) is 5.80. The molecule has 1 aromatic rings. The van der Waals surface area contributed by atoms with Crippen LogP contribution in [0.4, 0.5) is 0 Å². The number of benzene rings is 1. The zero-order chi connectivity index (χ0) is 19.4. The summed E-state index contributed by atoms with van der Waals surface area (Å²) >= 11 is 0. The van der Waals surface area contributed by atoms with Crippen LogP contribution in [0.5, 0.6) is 5.75 Å². The van der Waals surface area contributed by atoms with Crippen LogP contribution in [0.1, 0.15) is 54.9 Å². The number of carbonyl (C=O) groups excluding carboxylic acids is 2. The van der Waals surface area contributed by atoms with Crippen molar-refractivity contribution >= 4 is 11.8 Å². The maximum Gasteiger partial charge on any atom is 0.257 e. The van der Waals surface area contributed by atoms with Crippen molar-refractivity contribution in [3.63, 3.8) is 0 Å². The van der Waals surface area contributed by atoms with Crippen LogP contribution in [0, 0.1) is 0 Å². The standard InChI is InChI=1S/C21H30N2O4/c1-15(2)16-7-8-17(19(14-16)26-3)20(24)22-9-5-10-23(12-11-22)21(25)18-6-4-13-27-18/h7-8,14-15,18H,4-6,9-13H2,1-3H3. The maximum atomic E-state index is 13.1. The Balaban J connectivity index is 1.68. The zero-order valence-corrected chi connectivity index (χ0v) is 16.6. The van der Waals surface area contributed by atoms with E-state index in [1.165, 1.54) is 0 Å². The van der Waals surface area contributed by atoms with Gasteiger partial charge in [-0.15, -0.1) is 0 Å². The van der Waals surface area contributed by atoms with E-state index in [0.29, 0.717) is 50.0 Å². The Morgan fingerprint density at radius 1 is 1.11 bits per heavy atom. The first-order valence-electron chi connectivity index (χ1n) is 9.89. The number of rotatable bonds is 4. The van der Waals surface area contributed by atoms with Crippen LogP contribution < -0.4 is 4.74 Å². The molecule has 2 aliphatic heterocycles. The Hall–Kier alpha value is -2.08. The molecule has 2 saturated heterocycles. The number of hydrogen-bond acceptors (Lipinski definition) is 4. The highest BCUT2D eigenvalue weighted by Crippen LogP contribution is 2.26. The second kappa shape index (κ2) is 8.74. The topological polar surface area (TPSA) is 59.1 Å². The first-order chi connectivity index (χ1) is 13.0. The lowest BCUT2D eigenvalue weighted by molar-refractivity contribution is -0.140. The Morgan fingerprint density at radius 3 is 2.52 bits per heavy atom. The predicted octanol–water partition coefficient (Wildman–Crippen LogP) is 2.67. The number of nitrogens with zero attached hydrogens (tertiary/aromatic N) is 2. The molecule has 148 valence electrons. The van der Waals surface area contributed by atoms with Gasteiger partial charge in [0.2, 0.25) is 0 Å². The summed E-state index contributed by atoms with van der Waals surface area (Å²) in [5.41, 5.74) is 1.73. The molecule has 0 aromatic heterocycles. The Kier molecular flexibility index (Phi) is 6.37. The third-order valence-corrected chi connectivity index (χ3v) is 5.42. The molecule has 1 aromatic carbocycles. The monoisotopic (exact) mass is 374 g/mol. The van der Waals surface area contributed by atoms with Crippen molar-refractivity contribution < 1.29 is 19.1 Å². The van der Waals surface area contributed by atoms with E-state index in [4.69, 9.17) is 9.47 Å². The average Bonchev–Trinajstić information content (AvgIpc) is 3.11. The van der Waals surface area contributed by atoms with Gasteiger partial charge in [-0.05, 0) is 42.9 Å². The van der Waals surface area contributed by atoms with Gasteiger partial charge in [-0.1, -0.05) is 19.9 Å². The van der Waals surface area contributed by atoms with Crippen molar-refractivity contribution in [1.82, 2.24) is 9.80 Å². The van der Waals surface area contributed by atoms with E-state index in [1.807, 2.05) is 28.0 Å². The van der Waals surface area contributed by atoms with Crippen molar-refractivity contribution in [2.24, 2.45) is 0 Å². The number of methoxy groups -OCH3 is 1. The van der Waals surface area contributed by atoms with E-state index in [-0.39, 0.29) is 17.9 Å². The maximum absolute atomic E-state index is 13.1. The van der Waals surface area contributed by atoms with Gasteiger partial charge in [-0.3, -0.25) is 9.59 Å². The first kappa shape index (κ1) is 19.7. The van der Waals surface area contributed by atoms with Gasteiger partial charge in [0.05, 0.1) is 12.7 Å². The summed E-state index contributed by atoms with van der Waals surface area (Å²) in [7, 11) is 1.60. The van der Waals surface area contributed by atoms with E-state index in [2.05, 4.69) is 13.8 Å². The summed E-state index contributed by atoms with van der Waals surface area (Å²) in [5, 5.41) is 0. The fourth-order valence-corrected chi connectivity index (χ4v) is 3.73. The summed E-state index contributed by atoms with van der Waals surface area (Å²) in [6.45, 7) is 7.30. The summed E-state index contributed by atoms with van der Waals surface area (Å²) < 4.78 is 11.0. The van der Waals surface area contributed by atoms with Crippen LogP contribution in [0.15, 0.2) is 18.2 Å². The van der Waals surface area contributed by atoms with Gasteiger partial charge in [-0.2, -0.15) is 0 Å². The predicted molar refractivity (Wildman–Crippen MR) is 103 cm³/mol. The second-order valence-electron chi connectivity index (χ2n) is 7.59. The molecular formula is C21H30N2O4. The van der Waals surface area contributed by atoms with Gasteiger partial charge in [-0.25, -0.2) is 0 Å². The fourth-order valence-electron chi connectivity index (χ4n) is 3.73. The molecule has 2 aliphatic rings. The van der Waals surface area contributed by atoms with Crippen LogP contribution in [-0.2, 0) is 9.53 Å². The summed E-state index contributed by atoms with van der Waals surface area (Å²) in [6.07, 6.45) is 2.23. The molecule has 1 atom stereocenters. The molecule has 6 heteroatoms. The summed E-state index contributed by atoms with van der Waals surface area (Å²) in [4.78, 5) is 29.3. The quantitative estimate of drug-likeness (QED) is 0.813. The molecule has 27 heavy (non-hydrogen) atoms.